The molecule has 0 aliphatic rings. The van der Waals surface area contributed by atoms with Crippen LogP contribution in [0.4, 0.5) is 5.95 Å². The molecule has 96 valence electrons. The first-order chi connectivity index (χ1) is 8.81. The number of thiazole rings is 1. The molecule has 0 saturated carbocycles. The van der Waals surface area contributed by atoms with Crippen LogP contribution in [0.3, 0.4) is 0 Å². The number of anilines is 1. The summed E-state index contributed by atoms with van der Waals surface area (Å²) in [7, 11) is 1.54. The summed E-state index contributed by atoms with van der Waals surface area (Å²) in [5, 5.41) is 5.61. The van der Waals surface area contributed by atoms with Crippen molar-refractivity contribution in [2.24, 2.45) is 0 Å². The van der Waals surface area contributed by atoms with Crippen molar-refractivity contribution in [1.29, 1.82) is 0 Å². The lowest BCUT2D eigenvalue weighted by molar-refractivity contribution is 0.373. The van der Waals surface area contributed by atoms with Crippen molar-refractivity contribution in [3.63, 3.8) is 0 Å². The molecule has 0 amide bonds. The molecule has 0 spiro atoms. The van der Waals surface area contributed by atoms with E-state index < -0.39 is 0 Å². The molecule has 0 fully saturated rings. The molecule has 8 heteroatoms. The number of hydrogen-bond acceptors (Lipinski definition) is 8. The van der Waals surface area contributed by atoms with E-state index in [1.54, 1.807) is 17.5 Å². The van der Waals surface area contributed by atoms with E-state index in [2.05, 4.69) is 32.2 Å². The molecule has 0 aromatic carbocycles. The molecule has 1 N–H and O–H groups in total. The molecule has 2 heterocycles. The number of rotatable bonds is 6. The molecule has 0 aliphatic heterocycles. The molecular weight excluding hydrogens is 270 g/mol. The Hall–Kier alpha value is -1.41. The molecular formula is C10H13N5OS2. The van der Waals surface area contributed by atoms with E-state index in [-0.39, 0.29) is 0 Å². The van der Waals surface area contributed by atoms with Crippen molar-refractivity contribution in [1.82, 2.24) is 19.9 Å². The van der Waals surface area contributed by atoms with E-state index in [1.807, 2.05) is 5.38 Å². The van der Waals surface area contributed by atoms with Crippen molar-refractivity contribution >= 4 is 29.0 Å². The normalized spacial score (nSPS) is 10.3. The second-order valence-electron chi connectivity index (χ2n) is 3.26. The van der Waals surface area contributed by atoms with Crippen LogP contribution in [0.2, 0.25) is 0 Å². The zero-order valence-corrected chi connectivity index (χ0v) is 11.7. The van der Waals surface area contributed by atoms with Crippen LogP contribution in [0.15, 0.2) is 21.1 Å². The molecule has 6 nitrogen and oxygen atoms in total. The molecule has 0 saturated heterocycles. The Labute approximate surface area is 113 Å². The fourth-order valence-electron chi connectivity index (χ4n) is 1.13. The minimum Gasteiger partial charge on any atom is -0.467 e. The van der Waals surface area contributed by atoms with Crippen LogP contribution in [0.5, 0.6) is 6.01 Å². The Morgan fingerprint density at radius 1 is 1.39 bits per heavy atom. The summed E-state index contributed by atoms with van der Waals surface area (Å²) in [6.45, 7) is 2.89. The summed E-state index contributed by atoms with van der Waals surface area (Å²) >= 11 is 2.94. The maximum absolute atomic E-state index is 5.06. The summed E-state index contributed by atoms with van der Waals surface area (Å²) in [6.07, 6.45) is 2.75. The quantitative estimate of drug-likeness (QED) is 0.872. The minimum absolute atomic E-state index is 0.308. The number of nitrogens with one attached hydrogen (secondary N) is 1. The highest BCUT2D eigenvalue weighted by Crippen LogP contribution is 2.27. The van der Waals surface area contributed by atoms with E-state index in [9.17, 15) is 0 Å². The van der Waals surface area contributed by atoms with E-state index >= 15 is 0 Å². The molecule has 2 aromatic rings. The number of ether oxygens (including phenoxy) is 1. The second-order valence-corrected chi connectivity index (χ2v) is 5.36. The van der Waals surface area contributed by atoms with E-state index in [0.29, 0.717) is 17.1 Å². The Morgan fingerprint density at radius 2 is 2.28 bits per heavy atom. The van der Waals surface area contributed by atoms with Gasteiger partial charge in [0.1, 0.15) is 0 Å². The number of aromatic nitrogens is 4. The summed E-state index contributed by atoms with van der Waals surface area (Å²) in [6, 6.07) is 0.308. The molecule has 0 atom stereocenters. The highest BCUT2D eigenvalue weighted by molar-refractivity contribution is 8.00. The van der Waals surface area contributed by atoms with Crippen molar-refractivity contribution in [2.75, 3.05) is 19.0 Å². The van der Waals surface area contributed by atoms with Crippen LogP contribution < -0.4 is 10.1 Å². The van der Waals surface area contributed by atoms with Crippen molar-refractivity contribution < 1.29 is 4.74 Å². The summed E-state index contributed by atoms with van der Waals surface area (Å²) < 4.78 is 5.96. The molecule has 0 radical (unpaired) electrons. The zero-order valence-electron chi connectivity index (χ0n) is 10.1. The average Bonchev–Trinajstić information content (AvgIpc) is 2.89. The van der Waals surface area contributed by atoms with Gasteiger partial charge < -0.3 is 10.1 Å². The predicted molar refractivity (Wildman–Crippen MR) is 71.4 cm³/mol. The van der Waals surface area contributed by atoms with Crippen molar-refractivity contribution in [2.45, 2.75) is 22.8 Å². The third-order valence-corrected chi connectivity index (χ3v) is 3.65. The number of hydrogen-bond donors (Lipinski definition) is 1. The van der Waals surface area contributed by atoms with Gasteiger partial charge in [-0.2, -0.15) is 15.0 Å². The first kappa shape index (κ1) is 13.0. The van der Waals surface area contributed by atoms with Crippen molar-refractivity contribution in [3.8, 4) is 6.01 Å². The van der Waals surface area contributed by atoms with Crippen LogP contribution in [0.1, 0.15) is 13.3 Å². The Morgan fingerprint density at radius 3 is 2.94 bits per heavy atom. The lowest BCUT2D eigenvalue weighted by Gasteiger charge is -2.06. The largest absolute Gasteiger partial charge is 0.467 e. The zero-order chi connectivity index (χ0) is 12.8. The van der Waals surface area contributed by atoms with E-state index in [1.165, 1.54) is 18.9 Å². The smallest absolute Gasteiger partial charge is 0.321 e. The third-order valence-electron chi connectivity index (χ3n) is 1.90. The van der Waals surface area contributed by atoms with Gasteiger partial charge in [0.05, 0.1) is 7.11 Å². The first-order valence-corrected chi connectivity index (χ1v) is 7.12. The Kier molecular flexibility index (Phi) is 4.71. The lowest BCUT2D eigenvalue weighted by Crippen LogP contribution is -2.07. The summed E-state index contributed by atoms with van der Waals surface area (Å²) in [5.74, 6) is 0.530. The fraction of sp³-hybridized carbons (Fsp3) is 0.400. The van der Waals surface area contributed by atoms with Gasteiger partial charge in [-0.1, -0.05) is 6.92 Å². The van der Waals surface area contributed by atoms with Gasteiger partial charge in [0, 0.05) is 18.1 Å². The van der Waals surface area contributed by atoms with Crippen LogP contribution >= 0.6 is 23.1 Å². The minimum atomic E-state index is 0.308. The number of methoxy groups -OCH3 is 1. The van der Waals surface area contributed by atoms with Crippen molar-refractivity contribution in [3.05, 3.63) is 11.6 Å². The van der Waals surface area contributed by atoms with Crippen LogP contribution in [-0.4, -0.2) is 33.6 Å². The molecule has 2 rings (SSSR count). The topological polar surface area (TPSA) is 72.8 Å². The molecule has 0 bridgehead atoms. The monoisotopic (exact) mass is 283 g/mol. The molecule has 2 aromatic heterocycles. The highest BCUT2D eigenvalue weighted by Gasteiger charge is 2.09. The standard InChI is InChI=1S/C10H13N5OS2/c1-3-4-11-7-13-8(16-2)15-9(14-7)18-10-12-5-6-17-10/h5-6H,3-4H2,1-2H3,(H,11,13,14,15). The predicted octanol–water partition coefficient (Wildman–Crippen LogP) is 2.31. The SMILES string of the molecule is CCCNc1nc(OC)nc(Sc2nccs2)n1. The lowest BCUT2D eigenvalue weighted by atomic mass is 10.5. The van der Waals surface area contributed by atoms with Gasteiger partial charge in [-0.15, -0.1) is 11.3 Å². The van der Waals surface area contributed by atoms with Gasteiger partial charge in [-0.3, -0.25) is 0 Å². The van der Waals surface area contributed by atoms with E-state index in [4.69, 9.17) is 4.74 Å². The Bertz CT molecular complexity index is 491. The molecule has 0 unspecified atom stereocenters. The fourth-order valence-corrected chi connectivity index (χ4v) is 2.60. The van der Waals surface area contributed by atoms with Crippen LogP contribution in [0, 0.1) is 0 Å². The second kappa shape index (κ2) is 6.50. The first-order valence-electron chi connectivity index (χ1n) is 5.43. The van der Waals surface area contributed by atoms with Gasteiger partial charge >= 0.3 is 6.01 Å². The van der Waals surface area contributed by atoms with Gasteiger partial charge in [0.15, 0.2) is 4.34 Å². The van der Waals surface area contributed by atoms with Crippen LogP contribution in [0.25, 0.3) is 0 Å². The summed E-state index contributed by atoms with van der Waals surface area (Å²) in [4.78, 5) is 16.8. The van der Waals surface area contributed by atoms with Gasteiger partial charge in [0.2, 0.25) is 11.1 Å². The molecule has 18 heavy (non-hydrogen) atoms. The summed E-state index contributed by atoms with van der Waals surface area (Å²) in [5.41, 5.74) is 0. The maximum atomic E-state index is 5.06. The highest BCUT2D eigenvalue weighted by atomic mass is 32.2. The maximum Gasteiger partial charge on any atom is 0.321 e. The Balaban J connectivity index is 2.17. The average molecular weight is 283 g/mol. The molecule has 0 aliphatic carbocycles. The van der Waals surface area contributed by atoms with Crippen LogP contribution in [-0.2, 0) is 0 Å². The number of nitrogens with zero attached hydrogens (tertiary/aromatic N) is 4. The van der Waals surface area contributed by atoms with Gasteiger partial charge in [0.25, 0.3) is 0 Å². The van der Waals surface area contributed by atoms with E-state index in [0.717, 1.165) is 17.3 Å². The van der Waals surface area contributed by atoms with Gasteiger partial charge in [-0.05, 0) is 18.2 Å². The third kappa shape index (κ3) is 3.54. The van der Waals surface area contributed by atoms with Gasteiger partial charge in [-0.25, -0.2) is 4.98 Å².